The maximum Gasteiger partial charge on any atom is 0.174 e. The second-order valence-electron chi connectivity index (χ2n) is 8.75. The van der Waals surface area contributed by atoms with Crippen LogP contribution in [0.15, 0.2) is 54.7 Å². The lowest BCUT2D eigenvalue weighted by Gasteiger charge is -2.33. The number of thiophene rings is 1. The van der Waals surface area contributed by atoms with E-state index in [0.29, 0.717) is 5.11 Å². The SMILES string of the molecule is Cc1ccc([C@H]2[C@H](c3ccccn3)NC(=S)N2c2ccc(N3CCC(C)CC3)c(Cl)c2)s1. The minimum absolute atomic E-state index is 0.0221. The Morgan fingerprint density at radius 1 is 1.12 bits per heavy atom. The van der Waals surface area contributed by atoms with Crippen LogP contribution in [-0.2, 0) is 0 Å². The number of anilines is 2. The number of aromatic nitrogens is 1. The summed E-state index contributed by atoms with van der Waals surface area (Å²) in [5.41, 5.74) is 3.11. The van der Waals surface area contributed by atoms with Gasteiger partial charge in [-0.3, -0.25) is 4.98 Å². The molecule has 0 bridgehead atoms. The molecule has 0 spiro atoms. The van der Waals surface area contributed by atoms with Crippen LogP contribution in [0.2, 0.25) is 5.02 Å². The highest BCUT2D eigenvalue weighted by molar-refractivity contribution is 7.80. The predicted octanol–water partition coefficient (Wildman–Crippen LogP) is 6.52. The van der Waals surface area contributed by atoms with Gasteiger partial charge in [0.25, 0.3) is 0 Å². The van der Waals surface area contributed by atoms with Crippen molar-refractivity contribution in [2.24, 2.45) is 5.92 Å². The van der Waals surface area contributed by atoms with Crippen LogP contribution >= 0.6 is 35.2 Å². The van der Waals surface area contributed by atoms with Crippen LogP contribution in [0.5, 0.6) is 0 Å². The lowest BCUT2D eigenvalue weighted by Crippen LogP contribution is -2.33. The molecule has 0 unspecified atom stereocenters. The summed E-state index contributed by atoms with van der Waals surface area (Å²) < 4.78 is 0. The molecular formula is C25H27ClN4S2. The number of benzene rings is 1. The van der Waals surface area contributed by atoms with Crippen LogP contribution in [0, 0.1) is 12.8 Å². The van der Waals surface area contributed by atoms with Crippen molar-refractivity contribution in [2.45, 2.75) is 38.8 Å². The number of halogens is 1. The fourth-order valence-electron chi connectivity index (χ4n) is 4.69. The zero-order valence-corrected chi connectivity index (χ0v) is 20.7. The van der Waals surface area contributed by atoms with Gasteiger partial charge < -0.3 is 15.1 Å². The molecule has 2 aromatic heterocycles. The Morgan fingerprint density at radius 3 is 2.59 bits per heavy atom. The van der Waals surface area contributed by atoms with Gasteiger partial charge in [-0.1, -0.05) is 24.6 Å². The van der Waals surface area contributed by atoms with Crippen molar-refractivity contribution in [2.75, 3.05) is 22.9 Å². The molecule has 2 fully saturated rings. The summed E-state index contributed by atoms with van der Waals surface area (Å²) in [5.74, 6) is 0.788. The standard InChI is InChI=1S/C25H27ClN4S2/c1-16-10-13-29(14-11-16)21-8-7-18(15-19(21)26)30-24(22-9-6-17(2)32-22)23(28-25(30)31)20-5-3-4-12-27-20/h3-9,12,15-16,23-24H,10-11,13-14H2,1-2H3,(H,28,31)/t23-,24-/m0/s1. The summed E-state index contributed by atoms with van der Waals surface area (Å²) >= 11 is 14.5. The van der Waals surface area contributed by atoms with Crippen molar-refractivity contribution < 1.29 is 0 Å². The van der Waals surface area contributed by atoms with E-state index in [9.17, 15) is 0 Å². The topological polar surface area (TPSA) is 31.4 Å². The first kappa shape index (κ1) is 21.7. The van der Waals surface area contributed by atoms with E-state index in [1.165, 1.54) is 22.6 Å². The van der Waals surface area contributed by atoms with Gasteiger partial charge in [0.05, 0.1) is 28.5 Å². The Morgan fingerprint density at radius 2 is 1.94 bits per heavy atom. The normalized spacial score (nSPS) is 21.8. The van der Waals surface area contributed by atoms with Crippen LogP contribution in [0.4, 0.5) is 11.4 Å². The second-order valence-corrected chi connectivity index (χ2v) is 10.9. The molecule has 1 N–H and O–H groups in total. The fraction of sp³-hybridized carbons (Fsp3) is 0.360. The van der Waals surface area contributed by atoms with Gasteiger partial charge in [0.1, 0.15) is 0 Å². The highest BCUT2D eigenvalue weighted by atomic mass is 35.5. The van der Waals surface area contributed by atoms with E-state index in [0.717, 1.165) is 41.1 Å². The molecule has 4 heterocycles. The minimum atomic E-state index is -0.0243. The highest BCUT2D eigenvalue weighted by Crippen LogP contribution is 2.45. The van der Waals surface area contributed by atoms with Crippen LogP contribution in [-0.4, -0.2) is 23.2 Å². The lowest BCUT2D eigenvalue weighted by atomic mass is 9.98. The number of piperidine rings is 1. The van der Waals surface area contributed by atoms with Gasteiger partial charge in [0, 0.05) is 34.7 Å². The summed E-state index contributed by atoms with van der Waals surface area (Å²) in [7, 11) is 0. The molecule has 2 aliphatic rings. The van der Waals surface area contributed by atoms with Crippen LogP contribution in [0.1, 0.15) is 47.3 Å². The maximum atomic E-state index is 6.83. The minimum Gasteiger partial charge on any atom is -0.370 e. The van der Waals surface area contributed by atoms with Crippen LogP contribution < -0.4 is 15.1 Å². The number of pyridine rings is 1. The van der Waals surface area contributed by atoms with Crippen molar-refractivity contribution in [3.05, 3.63) is 75.2 Å². The third-order valence-corrected chi connectivity index (χ3v) is 8.17. The van der Waals surface area contributed by atoms with Gasteiger partial charge in [0.2, 0.25) is 0 Å². The zero-order valence-electron chi connectivity index (χ0n) is 18.3. The fourth-order valence-corrected chi connectivity index (χ4v) is 6.33. The van der Waals surface area contributed by atoms with Gasteiger partial charge in [-0.25, -0.2) is 0 Å². The van der Waals surface area contributed by atoms with Crippen LogP contribution in [0.3, 0.4) is 0 Å². The van der Waals surface area contributed by atoms with Gasteiger partial charge in [0.15, 0.2) is 5.11 Å². The third-order valence-electron chi connectivity index (χ3n) is 6.48. The molecule has 2 saturated heterocycles. The molecule has 2 aliphatic heterocycles. The molecule has 0 amide bonds. The molecule has 4 nitrogen and oxygen atoms in total. The zero-order chi connectivity index (χ0) is 22.2. The van der Waals surface area contributed by atoms with Gasteiger partial charge in [-0.2, -0.15) is 0 Å². The number of aryl methyl sites for hydroxylation is 1. The van der Waals surface area contributed by atoms with E-state index in [2.05, 4.69) is 70.3 Å². The molecule has 7 heteroatoms. The molecule has 3 aromatic rings. The number of rotatable bonds is 4. The molecule has 2 atom stereocenters. The Balaban J connectivity index is 1.51. The molecule has 1 aromatic carbocycles. The van der Waals surface area contributed by atoms with Crippen molar-refractivity contribution in [1.82, 2.24) is 10.3 Å². The number of thiocarbonyl (C=S) groups is 1. The average molecular weight is 483 g/mol. The summed E-state index contributed by atoms with van der Waals surface area (Å²) in [4.78, 5) is 11.8. The van der Waals surface area contributed by atoms with Gasteiger partial charge >= 0.3 is 0 Å². The van der Waals surface area contributed by atoms with Gasteiger partial charge in [-0.05, 0) is 80.4 Å². The molecule has 0 aliphatic carbocycles. The largest absolute Gasteiger partial charge is 0.370 e. The average Bonchev–Trinajstić information content (AvgIpc) is 3.38. The van der Waals surface area contributed by atoms with Crippen molar-refractivity contribution in [1.29, 1.82) is 0 Å². The van der Waals surface area contributed by atoms with Crippen molar-refractivity contribution in [3.63, 3.8) is 0 Å². The van der Waals surface area contributed by atoms with Crippen molar-refractivity contribution in [3.8, 4) is 0 Å². The number of nitrogens with zero attached hydrogens (tertiary/aromatic N) is 3. The molecule has 32 heavy (non-hydrogen) atoms. The second kappa shape index (κ2) is 9.00. The molecule has 0 radical (unpaired) electrons. The smallest absolute Gasteiger partial charge is 0.174 e. The molecule has 0 saturated carbocycles. The number of nitrogens with one attached hydrogen (secondary N) is 1. The first-order valence-corrected chi connectivity index (χ1v) is 12.7. The third kappa shape index (κ3) is 4.12. The summed E-state index contributed by atoms with van der Waals surface area (Å²) in [5, 5.41) is 5.01. The highest BCUT2D eigenvalue weighted by Gasteiger charge is 2.41. The Hall–Kier alpha value is -2.15. The first-order chi connectivity index (χ1) is 15.5. The van der Waals surface area contributed by atoms with E-state index >= 15 is 0 Å². The number of hydrogen-bond donors (Lipinski definition) is 1. The monoisotopic (exact) mass is 482 g/mol. The van der Waals surface area contributed by atoms with Crippen molar-refractivity contribution >= 4 is 51.6 Å². The summed E-state index contributed by atoms with van der Waals surface area (Å²) in [6.07, 6.45) is 4.26. The number of hydrogen-bond acceptors (Lipinski definition) is 4. The quantitative estimate of drug-likeness (QED) is 0.428. The molecule has 5 rings (SSSR count). The Labute approximate surface area is 204 Å². The maximum absolute atomic E-state index is 6.83. The lowest BCUT2D eigenvalue weighted by molar-refractivity contribution is 0.438. The van der Waals surface area contributed by atoms with E-state index in [-0.39, 0.29) is 12.1 Å². The van der Waals surface area contributed by atoms with E-state index < -0.39 is 0 Å². The predicted molar refractivity (Wildman–Crippen MR) is 139 cm³/mol. The summed E-state index contributed by atoms with van der Waals surface area (Å²) in [6.45, 7) is 6.58. The summed E-state index contributed by atoms with van der Waals surface area (Å²) in [6, 6.07) is 16.8. The van der Waals surface area contributed by atoms with Gasteiger partial charge in [-0.15, -0.1) is 11.3 Å². The Kier molecular flexibility index (Phi) is 6.10. The van der Waals surface area contributed by atoms with E-state index in [1.54, 1.807) is 11.3 Å². The van der Waals surface area contributed by atoms with E-state index in [1.807, 2.05) is 18.3 Å². The molecule has 166 valence electrons. The first-order valence-electron chi connectivity index (χ1n) is 11.1. The van der Waals surface area contributed by atoms with Crippen LogP contribution in [0.25, 0.3) is 0 Å². The van der Waals surface area contributed by atoms with E-state index in [4.69, 9.17) is 23.8 Å². The Bertz CT molecular complexity index is 1110. The molecular weight excluding hydrogens is 456 g/mol.